The van der Waals surface area contributed by atoms with Crippen molar-refractivity contribution in [3.05, 3.63) is 59.7 Å². The summed E-state index contributed by atoms with van der Waals surface area (Å²) < 4.78 is 31.3. The Labute approximate surface area is 191 Å². The number of para-hydroxylation sites is 1. The molecule has 1 N–H and O–H groups in total. The summed E-state index contributed by atoms with van der Waals surface area (Å²) in [5.41, 5.74) is 2.43. The van der Waals surface area contributed by atoms with Gasteiger partial charge in [0.2, 0.25) is 15.9 Å². The molecule has 1 aliphatic heterocycles. The molecule has 1 saturated heterocycles. The van der Waals surface area contributed by atoms with E-state index in [0.717, 1.165) is 49.1 Å². The lowest BCUT2D eigenvalue weighted by Crippen LogP contribution is -2.44. The van der Waals surface area contributed by atoms with Crippen LogP contribution in [-0.2, 0) is 14.8 Å². The van der Waals surface area contributed by atoms with Gasteiger partial charge in [0, 0.05) is 6.54 Å². The maximum Gasteiger partial charge on any atom is 0.240 e. The van der Waals surface area contributed by atoms with Crippen LogP contribution < -0.4 is 14.4 Å². The Hall–Kier alpha value is -2.58. The highest BCUT2D eigenvalue weighted by Gasteiger charge is 2.25. The highest BCUT2D eigenvalue weighted by Crippen LogP contribution is 2.26. The third kappa shape index (κ3) is 6.23. The van der Waals surface area contributed by atoms with E-state index >= 15 is 0 Å². The molecule has 1 aliphatic rings. The minimum atomic E-state index is -3.61. The predicted molar refractivity (Wildman–Crippen MR) is 128 cm³/mol. The van der Waals surface area contributed by atoms with Gasteiger partial charge >= 0.3 is 0 Å². The van der Waals surface area contributed by atoms with Gasteiger partial charge in [0.05, 0.1) is 25.1 Å². The quantitative estimate of drug-likeness (QED) is 0.623. The number of hydrogen-bond donors (Lipinski definition) is 1. The molecule has 0 unspecified atom stereocenters. The van der Waals surface area contributed by atoms with Crippen molar-refractivity contribution in [2.75, 3.05) is 43.8 Å². The summed E-state index contributed by atoms with van der Waals surface area (Å²) >= 11 is 0. The van der Waals surface area contributed by atoms with Crippen LogP contribution in [0.3, 0.4) is 0 Å². The van der Waals surface area contributed by atoms with Crippen molar-refractivity contribution in [1.29, 1.82) is 0 Å². The lowest BCUT2D eigenvalue weighted by Gasteiger charge is -2.35. The van der Waals surface area contributed by atoms with Crippen LogP contribution in [0.25, 0.3) is 0 Å². The standard InChI is InChI=1S/C24H33N3O4S/c1-19-9-5-6-10-22(19)27(32(3,29)30)18-24(28)25-17-23(26-15-7-4-8-16-26)20-11-13-21(31-2)14-12-20/h5-6,9-14,23H,4,7-8,15-18H2,1-3H3,(H,25,28)/t23-/m0/s1. The summed E-state index contributed by atoms with van der Waals surface area (Å²) in [6.45, 7) is 3.95. The lowest BCUT2D eigenvalue weighted by atomic mass is 10.0. The van der Waals surface area contributed by atoms with Crippen molar-refractivity contribution in [3.63, 3.8) is 0 Å². The van der Waals surface area contributed by atoms with Gasteiger partial charge in [-0.05, 0) is 62.2 Å². The first-order chi connectivity index (χ1) is 15.3. The molecule has 0 saturated carbocycles. The number of carbonyl (C=O) groups is 1. The molecule has 2 aromatic rings. The Morgan fingerprint density at radius 2 is 1.75 bits per heavy atom. The average Bonchev–Trinajstić information content (AvgIpc) is 2.78. The monoisotopic (exact) mass is 459 g/mol. The highest BCUT2D eigenvalue weighted by atomic mass is 32.2. The van der Waals surface area contributed by atoms with Crippen molar-refractivity contribution in [3.8, 4) is 5.75 Å². The largest absolute Gasteiger partial charge is 0.497 e. The number of likely N-dealkylation sites (tertiary alicyclic amines) is 1. The Bertz CT molecular complexity index is 1000. The number of sulfonamides is 1. The maximum absolute atomic E-state index is 12.8. The first-order valence-corrected chi connectivity index (χ1v) is 12.8. The van der Waals surface area contributed by atoms with E-state index in [2.05, 4.69) is 10.2 Å². The number of ether oxygens (including phenoxy) is 1. The number of carbonyl (C=O) groups excluding carboxylic acids is 1. The lowest BCUT2D eigenvalue weighted by molar-refractivity contribution is -0.119. The van der Waals surface area contributed by atoms with Gasteiger partial charge in [0.1, 0.15) is 12.3 Å². The van der Waals surface area contributed by atoms with E-state index in [1.54, 1.807) is 19.2 Å². The zero-order valence-electron chi connectivity index (χ0n) is 19.1. The minimum absolute atomic E-state index is 0.0234. The summed E-state index contributed by atoms with van der Waals surface area (Å²) in [5, 5.41) is 2.98. The van der Waals surface area contributed by atoms with Crippen LogP contribution in [0.1, 0.15) is 36.4 Å². The number of nitrogens with one attached hydrogen (secondary N) is 1. The molecule has 0 radical (unpaired) electrons. The molecular weight excluding hydrogens is 426 g/mol. The van der Waals surface area contributed by atoms with Crippen molar-refractivity contribution in [2.45, 2.75) is 32.2 Å². The Balaban J connectivity index is 1.74. The summed E-state index contributed by atoms with van der Waals surface area (Å²) in [5.74, 6) is 0.464. The number of piperidine rings is 1. The van der Waals surface area contributed by atoms with E-state index in [1.165, 1.54) is 10.7 Å². The van der Waals surface area contributed by atoms with Crippen molar-refractivity contribution in [2.24, 2.45) is 0 Å². The van der Waals surface area contributed by atoms with E-state index < -0.39 is 10.0 Å². The number of anilines is 1. The van der Waals surface area contributed by atoms with E-state index in [0.29, 0.717) is 12.2 Å². The summed E-state index contributed by atoms with van der Waals surface area (Å²) in [4.78, 5) is 15.2. The van der Waals surface area contributed by atoms with Crippen LogP contribution in [0.4, 0.5) is 5.69 Å². The van der Waals surface area contributed by atoms with E-state index in [-0.39, 0.29) is 18.5 Å². The number of methoxy groups -OCH3 is 1. The zero-order valence-corrected chi connectivity index (χ0v) is 19.9. The average molecular weight is 460 g/mol. The number of nitrogens with zero attached hydrogens (tertiary/aromatic N) is 2. The third-order valence-corrected chi connectivity index (χ3v) is 7.02. The number of aryl methyl sites for hydroxylation is 1. The highest BCUT2D eigenvalue weighted by molar-refractivity contribution is 7.92. The summed E-state index contributed by atoms with van der Waals surface area (Å²) in [7, 11) is -1.97. The number of hydrogen-bond acceptors (Lipinski definition) is 5. The van der Waals surface area contributed by atoms with Crippen molar-refractivity contribution >= 4 is 21.6 Å². The smallest absolute Gasteiger partial charge is 0.240 e. The first kappa shape index (κ1) is 24.1. The predicted octanol–water partition coefficient (Wildman–Crippen LogP) is 3.11. The fourth-order valence-electron chi connectivity index (χ4n) is 4.14. The van der Waals surface area contributed by atoms with Crippen LogP contribution in [0.2, 0.25) is 0 Å². The molecule has 174 valence electrons. The summed E-state index contributed by atoms with van der Waals surface area (Å²) in [6.07, 6.45) is 4.62. The molecule has 8 heteroatoms. The van der Waals surface area contributed by atoms with Gasteiger partial charge in [-0.25, -0.2) is 8.42 Å². The molecule has 7 nitrogen and oxygen atoms in total. The maximum atomic E-state index is 12.8. The summed E-state index contributed by atoms with van der Waals surface area (Å²) in [6, 6.07) is 15.1. The molecule has 0 aromatic heterocycles. The molecule has 2 aromatic carbocycles. The van der Waals surface area contributed by atoms with E-state index in [1.807, 2.05) is 43.3 Å². The first-order valence-electron chi connectivity index (χ1n) is 11.0. The topological polar surface area (TPSA) is 79.0 Å². The van der Waals surface area contributed by atoms with Crippen LogP contribution in [0.15, 0.2) is 48.5 Å². The van der Waals surface area contributed by atoms with Gasteiger partial charge in [-0.2, -0.15) is 0 Å². The number of benzene rings is 2. The SMILES string of the molecule is COc1ccc([C@H](CNC(=O)CN(c2ccccc2C)S(C)(=O)=O)N2CCCCC2)cc1. The number of rotatable bonds is 9. The molecule has 0 spiro atoms. The number of amides is 1. The van der Waals surface area contributed by atoms with Gasteiger partial charge in [0.25, 0.3) is 0 Å². The Kier molecular flexibility index (Phi) is 8.15. The fourth-order valence-corrected chi connectivity index (χ4v) is 5.05. The molecule has 1 heterocycles. The van der Waals surface area contributed by atoms with Crippen molar-refractivity contribution < 1.29 is 17.9 Å². The zero-order chi connectivity index (χ0) is 23.1. The molecule has 0 aliphatic carbocycles. The molecular formula is C24H33N3O4S. The molecule has 1 fully saturated rings. The van der Waals surface area contributed by atoms with Gasteiger partial charge in [-0.3, -0.25) is 14.0 Å². The third-order valence-electron chi connectivity index (χ3n) is 5.90. The Morgan fingerprint density at radius 1 is 1.09 bits per heavy atom. The van der Waals surface area contributed by atoms with Crippen LogP contribution in [0, 0.1) is 6.92 Å². The minimum Gasteiger partial charge on any atom is -0.497 e. The molecule has 1 atom stereocenters. The van der Waals surface area contributed by atoms with Crippen LogP contribution in [0.5, 0.6) is 5.75 Å². The molecule has 3 rings (SSSR count). The molecule has 0 bridgehead atoms. The van der Waals surface area contributed by atoms with Crippen molar-refractivity contribution in [1.82, 2.24) is 10.2 Å². The van der Waals surface area contributed by atoms with E-state index in [4.69, 9.17) is 4.74 Å². The second-order valence-corrected chi connectivity index (χ2v) is 10.2. The van der Waals surface area contributed by atoms with E-state index in [9.17, 15) is 13.2 Å². The van der Waals surface area contributed by atoms with Gasteiger partial charge in [0.15, 0.2) is 0 Å². The van der Waals surface area contributed by atoms with Gasteiger partial charge in [-0.15, -0.1) is 0 Å². The van der Waals surface area contributed by atoms with Crippen LogP contribution >= 0.6 is 0 Å². The van der Waals surface area contributed by atoms with Gasteiger partial charge in [-0.1, -0.05) is 36.8 Å². The second kappa shape index (κ2) is 10.8. The molecule has 1 amide bonds. The van der Waals surface area contributed by atoms with Gasteiger partial charge < -0.3 is 10.1 Å². The van der Waals surface area contributed by atoms with Crippen LogP contribution in [-0.4, -0.2) is 58.8 Å². The molecule has 32 heavy (non-hydrogen) atoms. The second-order valence-electron chi connectivity index (χ2n) is 8.25. The Morgan fingerprint density at radius 3 is 2.34 bits per heavy atom. The fraction of sp³-hybridized carbons (Fsp3) is 0.458. The normalized spacial score (nSPS) is 15.7.